The third-order valence-electron chi connectivity index (χ3n) is 9.18. The molecule has 1 saturated heterocycles. The molecule has 0 bridgehead atoms. The number of piperidine rings is 1. The fraction of sp³-hybridized carbons (Fsp3) is 0.325. The second-order valence-corrected chi connectivity index (χ2v) is 12.6. The molecule has 0 aliphatic carbocycles. The lowest BCUT2D eigenvalue weighted by atomic mass is 9.89. The Morgan fingerprint density at radius 3 is 2.25 bits per heavy atom. The molecular weight excluding hydrogens is 538 g/mol. The number of aromatic nitrogens is 1. The molecule has 5 aromatic rings. The number of carbonyl (C=O) groups excluding carboxylic acids is 1. The number of hydrogen-bond acceptors (Lipinski definition) is 2. The Morgan fingerprint density at radius 2 is 1.50 bits per heavy atom. The third-order valence-corrected chi connectivity index (χ3v) is 9.18. The van der Waals surface area contributed by atoms with Gasteiger partial charge in [-0.05, 0) is 105 Å². The van der Waals surface area contributed by atoms with Gasteiger partial charge in [-0.2, -0.15) is 0 Å². The van der Waals surface area contributed by atoms with E-state index >= 15 is 0 Å². The fourth-order valence-corrected chi connectivity index (χ4v) is 6.77. The normalized spacial score (nSPS) is 14.3. The van der Waals surface area contributed by atoms with Crippen molar-refractivity contribution in [2.24, 2.45) is 5.92 Å². The maximum atomic E-state index is 12.2. The molecule has 226 valence electrons. The topological polar surface area (TPSA) is 37.3 Å². The molecule has 1 amide bonds. The monoisotopic (exact) mass is 583 g/mol. The summed E-state index contributed by atoms with van der Waals surface area (Å²) in [4.78, 5) is 14.8. The molecule has 4 aromatic carbocycles. The number of likely N-dealkylation sites (tertiary alicyclic amines) is 1. The van der Waals surface area contributed by atoms with Gasteiger partial charge in [0, 0.05) is 22.7 Å². The molecule has 0 unspecified atom stereocenters. The Hall–Kier alpha value is -4.15. The molecule has 0 radical (unpaired) electrons. The van der Waals surface area contributed by atoms with Crippen LogP contribution >= 0.6 is 0 Å². The Kier molecular flexibility index (Phi) is 9.58. The molecule has 1 fully saturated rings. The van der Waals surface area contributed by atoms with Gasteiger partial charge >= 0.3 is 0 Å². The van der Waals surface area contributed by atoms with Crippen molar-refractivity contribution in [1.29, 1.82) is 0 Å². The van der Waals surface area contributed by atoms with Gasteiger partial charge in [-0.1, -0.05) is 99.1 Å². The van der Waals surface area contributed by atoms with E-state index in [4.69, 9.17) is 0 Å². The molecule has 0 spiro atoms. The summed E-state index contributed by atoms with van der Waals surface area (Å²) in [5.74, 6) is 0.637. The van der Waals surface area contributed by atoms with E-state index < -0.39 is 0 Å². The molecule has 1 aromatic heterocycles. The summed E-state index contributed by atoms with van der Waals surface area (Å²) in [6.07, 6.45) is 7.10. The van der Waals surface area contributed by atoms with E-state index in [1.165, 1.54) is 77.6 Å². The van der Waals surface area contributed by atoms with Gasteiger partial charge in [-0.15, -0.1) is 0 Å². The number of aryl methyl sites for hydroxylation is 1. The van der Waals surface area contributed by atoms with Crippen molar-refractivity contribution in [3.8, 4) is 16.9 Å². The lowest BCUT2D eigenvalue weighted by Crippen LogP contribution is -2.33. The summed E-state index contributed by atoms with van der Waals surface area (Å²) in [5, 5.41) is 4.43. The van der Waals surface area contributed by atoms with Crippen LogP contribution in [-0.4, -0.2) is 35.0 Å². The summed E-state index contributed by atoms with van der Waals surface area (Å²) in [5.41, 5.74) is 8.84. The van der Waals surface area contributed by atoms with Crippen LogP contribution in [0.15, 0.2) is 109 Å². The fourth-order valence-electron chi connectivity index (χ4n) is 6.77. The van der Waals surface area contributed by atoms with E-state index in [9.17, 15) is 4.79 Å². The first-order chi connectivity index (χ1) is 21.6. The summed E-state index contributed by atoms with van der Waals surface area (Å²) in [6, 6.07) is 39.1. The number of benzene rings is 4. The first kappa shape index (κ1) is 29.9. The van der Waals surface area contributed by atoms with Crippen LogP contribution in [-0.2, 0) is 11.2 Å². The second-order valence-electron chi connectivity index (χ2n) is 12.6. The van der Waals surface area contributed by atoms with Gasteiger partial charge in [0.1, 0.15) is 0 Å². The zero-order chi connectivity index (χ0) is 30.3. The van der Waals surface area contributed by atoms with Crippen LogP contribution < -0.4 is 5.32 Å². The standard InChI is InChI=1S/C40H45N3O/c1-30(2)40(44)41-34-18-14-17-33(29-34)31-24-27-42(28-25-31)26-13-5-10-22-37-36-21-11-12-23-38(36)43(35-19-8-4-9-20-35)39(37)32-15-6-3-7-16-32/h3-4,6-9,11-12,14-21,23,29-31H,5,10,13,22,24-28H2,1-2H3,(H,41,44). The first-order valence-corrected chi connectivity index (χ1v) is 16.4. The molecule has 0 saturated carbocycles. The highest BCUT2D eigenvalue weighted by atomic mass is 16.1. The zero-order valence-electron chi connectivity index (χ0n) is 26.2. The van der Waals surface area contributed by atoms with Gasteiger partial charge in [0.2, 0.25) is 5.91 Å². The molecule has 6 rings (SSSR count). The molecular formula is C40H45N3O. The number of para-hydroxylation sites is 2. The second kappa shape index (κ2) is 14.1. The van der Waals surface area contributed by atoms with Crippen LogP contribution in [0.1, 0.15) is 63.0 Å². The first-order valence-electron chi connectivity index (χ1n) is 16.4. The van der Waals surface area contributed by atoms with Crippen LogP contribution in [0.4, 0.5) is 5.69 Å². The number of nitrogens with one attached hydrogen (secondary N) is 1. The largest absolute Gasteiger partial charge is 0.326 e. The molecule has 0 atom stereocenters. The average molecular weight is 584 g/mol. The predicted molar refractivity (Wildman–Crippen MR) is 185 cm³/mol. The maximum Gasteiger partial charge on any atom is 0.226 e. The highest BCUT2D eigenvalue weighted by Gasteiger charge is 2.22. The summed E-state index contributed by atoms with van der Waals surface area (Å²) in [7, 11) is 0. The van der Waals surface area contributed by atoms with E-state index in [-0.39, 0.29) is 11.8 Å². The van der Waals surface area contributed by atoms with Gasteiger partial charge < -0.3 is 14.8 Å². The molecule has 2 heterocycles. The minimum absolute atomic E-state index is 0.0116. The molecule has 4 heteroatoms. The van der Waals surface area contributed by atoms with Crippen LogP contribution in [0, 0.1) is 5.92 Å². The number of rotatable bonds is 11. The van der Waals surface area contributed by atoms with Crippen molar-refractivity contribution < 1.29 is 4.79 Å². The van der Waals surface area contributed by atoms with Crippen LogP contribution in [0.2, 0.25) is 0 Å². The summed E-state index contributed by atoms with van der Waals surface area (Å²) >= 11 is 0. The van der Waals surface area contributed by atoms with E-state index in [0.717, 1.165) is 25.2 Å². The van der Waals surface area contributed by atoms with Crippen molar-refractivity contribution >= 4 is 22.5 Å². The Balaban J connectivity index is 1.07. The van der Waals surface area contributed by atoms with E-state index in [0.29, 0.717) is 5.92 Å². The van der Waals surface area contributed by atoms with E-state index in [2.05, 4.69) is 118 Å². The number of carbonyl (C=O) groups is 1. The number of unbranched alkanes of at least 4 members (excludes halogenated alkanes) is 2. The Labute approximate surface area is 262 Å². The van der Waals surface area contributed by atoms with Crippen molar-refractivity contribution in [3.05, 3.63) is 120 Å². The Bertz CT molecular complexity index is 1660. The van der Waals surface area contributed by atoms with Crippen LogP contribution in [0.5, 0.6) is 0 Å². The van der Waals surface area contributed by atoms with Gasteiger partial charge in [0.15, 0.2) is 0 Å². The quantitative estimate of drug-likeness (QED) is 0.157. The van der Waals surface area contributed by atoms with Crippen molar-refractivity contribution in [3.63, 3.8) is 0 Å². The van der Waals surface area contributed by atoms with Crippen LogP contribution in [0.3, 0.4) is 0 Å². The zero-order valence-corrected chi connectivity index (χ0v) is 26.2. The van der Waals surface area contributed by atoms with Crippen molar-refractivity contribution in [2.75, 3.05) is 25.0 Å². The lowest BCUT2D eigenvalue weighted by molar-refractivity contribution is -0.118. The molecule has 4 nitrogen and oxygen atoms in total. The third kappa shape index (κ3) is 6.81. The van der Waals surface area contributed by atoms with E-state index in [1.54, 1.807) is 0 Å². The molecule has 1 aliphatic rings. The van der Waals surface area contributed by atoms with Gasteiger partial charge in [0.25, 0.3) is 0 Å². The van der Waals surface area contributed by atoms with Crippen molar-refractivity contribution in [2.45, 2.75) is 58.3 Å². The molecule has 1 N–H and O–H groups in total. The highest BCUT2D eigenvalue weighted by molar-refractivity contribution is 5.94. The predicted octanol–water partition coefficient (Wildman–Crippen LogP) is 9.48. The van der Waals surface area contributed by atoms with Gasteiger partial charge in [-0.3, -0.25) is 4.79 Å². The average Bonchev–Trinajstić information content (AvgIpc) is 3.40. The summed E-state index contributed by atoms with van der Waals surface area (Å²) < 4.78 is 2.46. The Morgan fingerprint density at radius 1 is 0.795 bits per heavy atom. The number of nitrogens with zero attached hydrogens (tertiary/aromatic N) is 2. The number of amides is 1. The van der Waals surface area contributed by atoms with Crippen molar-refractivity contribution in [1.82, 2.24) is 9.47 Å². The smallest absolute Gasteiger partial charge is 0.226 e. The van der Waals surface area contributed by atoms with Gasteiger partial charge in [0.05, 0.1) is 11.2 Å². The minimum Gasteiger partial charge on any atom is -0.326 e. The van der Waals surface area contributed by atoms with E-state index in [1.807, 2.05) is 19.9 Å². The van der Waals surface area contributed by atoms with Gasteiger partial charge in [-0.25, -0.2) is 0 Å². The van der Waals surface area contributed by atoms with Crippen LogP contribution in [0.25, 0.3) is 27.8 Å². The number of fused-ring (bicyclic) bond motifs is 1. The highest BCUT2D eigenvalue weighted by Crippen LogP contribution is 2.37. The molecule has 1 aliphatic heterocycles. The lowest BCUT2D eigenvalue weighted by Gasteiger charge is -2.32. The molecule has 44 heavy (non-hydrogen) atoms. The number of anilines is 1. The SMILES string of the molecule is CC(C)C(=O)Nc1cccc(C2CCN(CCCCCc3c(-c4ccccc4)n(-c4ccccc4)c4ccccc34)CC2)c1. The number of hydrogen-bond donors (Lipinski definition) is 1. The summed E-state index contributed by atoms with van der Waals surface area (Å²) in [6.45, 7) is 7.34. The minimum atomic E-state index is -0.0116. The maximum absolute atomic E-state index is 12.2.